The fraction of sp³-hybridized carbons (Fsp3) is 0.857. The van der Waals surface area contributed by atoms with Crippen LogP contribution < -0.4 is 10.2 Å². The first-order chi connectivity index (χ1) is 7.83. The number of hydrogen-bond acceptors (Lipinski definition) is 4. The molecule has 0 N–H and O–H groups in total. The molecule has 0 bridgehead atoms. The van der Waals surface area contributed by atoms with Gasteiger partial charge in [-0.2, -0.15) is 0 Å². The Morgan fingerprint density at radius 3 is 1.00 bits per heavy atom. The maximum absolute atomic E-state index is 9.93. The third kappa shape index (κ3) is 32.2. The quantitative estimate of drug-likeness (QED) is 0.658. The fourth-order valence-corrected chi connectivity index (χ4v) is 0.954. The Balaban J connectivity index is -0.000000256. The van der Waals surface area contributed by atoms with Crippen molar-refractivity contribution in [1.29, 1.82) is 0 Å². The second kappa shape index (κ2) is 11.2. The minimum atomic E-state index is -0.954. The molecule has 0 aromatic carbocycles. The van der Waals surface area contributed by atoms with Crippen molar-refractivity contribution in [2.24, 2.45) is 10.8 Å². The summed E-state index contributed by atoms with van der Waals surface area (Å²) in [7, 11) is 0. The Kier molecular flexibility index (Phi) is 14.5. The van der Waals surface area contributed by atoms with Crippen molar-refractivity contribution in [2.45, 2.75) is 67.2 Å². The van der Waals surface area contributed by atoms with E-state index in [2.05, 4.69) is 0 Å². The molecule has 0 rings (SSSR count). The van der Waals surface area contributed by atoms with E-state index in [1.54, 1.807) is 0 Å². The summed E-state index contributed by atoms with van der Waals surface area (Å²) in [6.07, 6.45) is 1.72. The summed E-state index contributed by atoms with van der Waals surface area (Å²) in [4.78, 5) is 19.9. The van der Waals surface area contributed by atoms with Gasteiger partial charge in [0.05, 0.1) is 0 Å². The third-order valence-electron chi connectivity index (χ3n) is 2.16. The number of aliphatic carboxylic acids is 2. The second-order valence-electron chi connectivity index (χ2n) is 6.87. The van der Waals surface area contributed by atoms with E-state index >= 15 is 0 Å². The molecule has 0 heterocycles. The SMILES string of the molecule is CC(C)(C)CCC(=O)[O-].CC(C)(C)CCC(=O)[O-].[Ba+2]. The van der Waals surface area contributed by atoms with Gasteiger partial charge in [0.25, 0.3) is 0 Å². The molecule has 0 amide bonds. The number of carbonyl (C=O) groups excluding carboxylic acids is 2. The van der Waals surface area contributed by atoms with Crippen LogP contribution in [0.15, 0.2) is 0 Å². The molecule has 0 saturated carbocycles. The first-order valence-electron chi connectivity index (χ1n) is 6.23. The van der Waals surface area contributed by atoms with E-state index in [-0.39, 0.29) is 72.6 Å². The van der Waals surface area contributed by atoms with E-state index in [0.29, 0.717) is 12.8 Å². The van der Waals surface area contributed by atoms with Crippen LogP contribution in [-0.4, -0.2) is 60.8 Å². The number of carboxylic acids is 2. The van der Waals surface area contributed by atoms with Gasteiger partial charge in [-0.05, 0) is 36.5 Å². The van der Waals surface area contributed by atoms with Crippen molar-refractivity contribution in [2.75, 3.05) is 0 Å². The molecule has 4 nitrogen and oxygen atoms in total. The molecule has 0 spiro atoms. The Morgan fingerprint density at radius 2 is 0.947 bits per heavy atom. The van der Waals surface area contributed by atoms with Gasteiger partial charge >= 0.3 is 48.9 Å². The van der Waals surface area contributed by atoms with Gasteiger partial charge in [-0.25, -0.2) is 0 Å². The summed E-state index contributed by atoms with van der Waals surface area (Å²) in [5.41, 5.74) is 0.222. The topological polar surface area (TPSA) is 80.3 Å². The van der Waals surface area contributed by atoms with Crippen LogP contribution >= 0.6 is 0 Å². The Bertz CT molecular complexity index is 234. The van der Waals surface area contributed by atoms with Crippen LogP contribution in [0.1, 0.15) is 67.2 Å². The molecule has 0 aliphatic carbocycles. The molecule has 0 unspecified atom stereocenters. The summed E-state index contributed by atoms with van der Waals surface area (Å²) in [6.45, 7) is 12.1. The summed E-state index contributed by atoms with van der Waals surface area (Å²) in [5, 5.41) is 19.9. The normalized spacial score (nSPS) is 10.8. The van der Waals surface area contributed by atoms with Gasteiger partial charge in [0, 0.05) is 11.9 Å². The summed E-state index contributed by atoms with van der Waals surface area (Å²) in [5.74, 6) is -1.91. The van der Waals surface area contributed by atoms with Gasteiger partial charge in [0.1, 0.15) is 0 Å². The summed E-state index contributed by atoms with van der Waals surface area (Å²) >= 11 is 0. The first kappa shape index (κ1) is 24.5. The van der Waals surface area contributed by atoms with E-state index in [0.717, 1.165) is 0 Å². The molecule has 108 valence electrons. The van der Waals surface area contributed by atoms with E-state index < -0.39 is 11.9 Å². The molecule has 5 heteroatoms. The number of carboxylic acid groups (broad SMARTS) is 2. The zero-order chi connectivity index (χ0) is 15.0. The number of carbonyl (C=O) groups is 2. The zero-order valence-electron chi connectivity index (χ0n) is 13.2. The fourth-order valence-electron chi connectivity index (χ4n) is 0.954. The smallest absolute Gasteiger partial charge is 0.550 e. The van der Waals surface area contributed by atoms with Crippen LogP contribution in [0.4, 0.5) is 0 Å². The van der Waals surface area contributed by atoms with E-state index in [9.17, 15) is 19.8 Å². The van der Waals surface area contributed by atoms with Gasteiger partial charge in [0.2, 0.25) is 0 Å². The average Bonchev–Trinajstić information content (AvgIpc) is 2.10. The monoisotopic (exact) mass is 396 g/mol. The molecular weight excluding hydrogens is 369 g/mol. The van der Waals surface area contributed by atoms with Crippen molar-refractivity contribution in [3.05, 3.63) is 0 Å². The standard InChI is InChI=1S/2C7H14O2.Ba/c2*1-7(2,3)5-4-6(8)9;/h2*4-5H2,1-3H3,(H,8,9);/q;;+2/p-2. The Labute approximate surface area is 157 Å². The van der Waals surface area contributed by atoms with E-state index in [1.807, 2.05) is 41.5 Å². The Morgan fingerprint density at radius 1 is 0.737 bits per heavy atom. The van der Waals surface area contributed by atoms with Gasteiger partial charge in [-0.1, -0.05) is 41.5 Å². The first-order valence-corrected chi connectivity index (χ1v) is 6.23. The molecule has 0 aromatic rings. The minimum absolute atomic E-state index is 0. The molecule has 19 heavy (non-hydrogen) atoms. The van der Waals surface area contributed by atoms with Crippen LogP contribution in [0.3, 0.4) is 0 Å². The number of rotatable bonds is 4. The predicted octanol–water partition coefficient (Wildman–Crippen LogP) is 0.744. The van der Waals surface area contributed by atoms with E-state index in [4.69, 9.17) is 0 Å². The maximum atomic E-state index is 9.93. The van der Waals surface area contributed by atoms with Gasteiger partial charge < -0.3 is 19.8 Å². The van der Waals surface area contributed by atoms with E-state index in [1.165, 1.54) is 0 Å². The minimum Gasteiger partial charge on any atom is -0.550 e. The largest absolute Gasteiger partial charge is 2.00 e. The van der Waals surface area contributed by atoms with Crippen molar-refractivity contribution < 1.29 is 19.8 Å². The molecule has 0 aliphatic rings. The summed E-state index contributed by atoms with van der Waals surface area (Å²) in [6, 6.07) is 0. The molecular formula is C14H26BaO4. The zero-order valence-corrected chi connectivity index (χ0v) is 17.6. The van der Waals surface area contributed by atoms with Crippen molar-refractivity contribution in [3.63, 3.8) is 0 Å². The predicted molar refractivity (Wildman–Crippen MR) is 73.1 cm³/mol. The summed E-state index contributed by atoms with van der Waals surface area (Å²) < 4.78 is 0. The average molecular weight is 396 g/mol. The van der Waals surface area contributed by atoms with Crippen LogP contribution in [0.5, 0.6) is 0 Å². The molecule has 0 aliphatic heterocycles. The van der Waals surface area contributed by atoms with Crippen molar-refractivity contribution in [3.8, 4) is 0 Å². The third-order valence-corrected chi connectivity index (χ3v) is 2.16. The van der Waals surface area contributed by atoms with Crippen LogP contribution in [-0.2, 0) is 9.59 Å². The van der Waals surface area contributed by atoms with Crippen molar-refractivity contribution >= 4 is 60.8 Å². The van der Waals surface area contributed by atoms with Gasteiger partial charge in [0.15, 0.2) is 0 Å². The van der Waals surface area contributed by atoms with Crippen LogP contribution in [0, 0.1) is 10.8 Å². The second-order valence-corrected chi connectivity index (χ2v) is 6.87. The van der Waals surface area contributed by atoms with Crippen LogP contribution in [0.25, 0.3) is 0 Å². The maximum Gasteiger partial charge on any atom is 2.00 e. The van der Waals surface area contributed by atoms with Crippen molar-refractivity contribution in [1.82, 2.24) is 0 Å². The van der Waals surface area contributed by atoms with Crippen LogP contribution in [0.2, 0.25) is 0 Å². The Hall–Kier alpha value is 0.511. The van der Waals surface area contributed by atoms with Gasteiger partial charge in [-0.3, -0.25) is 0 Å². The molecule has 0 radical (unpaired) electrons. The molecule has 0 aromatic heterocycles. The van der Waals surface area contributed by atoms with Gasteiger partial charge in [-0.15, -0.1) is 0 Å². The molecule has 0 saturated heterocycles. The molecule has 0 fully saturated rings. The number of hydrogen-bond donors (Lipinski definition) is 0. The molecule has 0 atom stereocenters.